The molecule has 3 N–H and O–H groups in total. The summed E-state index contributed by atoms with van der Waals surface area (Å²) in [6.45, 7) is 0. The van der Waals surface area contributed by atoms with E-state index in [4.69, 9.17) is 5.73 Å². The zero-order valence-corrected chi connectivity index (χ0v) is 8.38. The highest BCUT2D eigenvalue weighted by Crippen LogP contribution is 2.16. The number of aromatic amines is 1. The van der Waals surface area contributed by atoms with E-state index in [9.17, 15) is 0 Å². The fourth-order valence-electron chi connectivity index (χ4n) is 1.55. The molecule has 0 radical (unpaired) electrons. The van der Waals surface area contributed by atoms with Crippen molar-refractivity contribution in [3.05, 3.63) is 36.5 Å². The average Bonchev–Trinajstić information content (AvgIpc) is 2.69. The summed E-state index contributed by atoms with van der Waals surface area (Å²) in [6, 6.07) is 9.76. The second-order valence-corrected chi connectivity index (χ2v) is 3.42. The first-order valence-corrected chi connectivity index (χ1v) is 4.86. The summed E-state index contributed by atoms with van der Waals surface area (Å²) in [4.78, 5) is 15.5. The highest BCUT2D eigenvalue weighted by molar-refractivity contribution is 5.74. The number of hydrogen-bond acceptors (Lipinski definition) is 4. The van der Waals surface area contributed by atoms with Crippen LogP contribution in [0.3, 0.4) is 0 Å². The van der Waals surface area contributed by atoms with E-state index in [1.165, 1.54) is 0 Å². The Labute approximate surface area is 91.4 Å². The number of fused-ring (bicyclic) bond motifs is 1. The lowest BCUT2D eigenvalue weighted by Gasteiger charge is -1.97. The number of nitrogen functional groups attached to an aromatic ring is 1. The topological polar surface area (TPSA) is 80.5 Å². The third-order valence-electron chi connectivity index (χ3n) is 2.29. The molecule has 1 aromatic carbocycles. The van der Waals surface area contributed by atoms with E-state index in [1.54, 1.807) is 6.20 Å². The highest BCUT2D eigenvalue weighted by Gasteiger charge is 2.05. The number of nitrogens with zero attached hydrogens (tertiary/aromatic N) is 3. The van der Waals surface area contributed by atoms with Crippen LogP contribution in [0.15, 0.2) is 36.5 Å². The predicted molar refractivity (Wildman–Crippen MR) is 61.5 cm³/mol. The minimum atomic E-state index is 0.356. The van der Waals surface area contributed by atoms with Gasteiger partial charge in [-0.25, -0.2) is 9.97 Å². The SMILES string of the molecule is Nc1nc2nc(-c3ccccc3)ncc2[nH]1. The summed E-state index contributed by atoms with van der Waals surface area (Å²) in [5.74, 6) is 1.01. The van der Waals surface area contributed by atoms with Gasteiger partial charge in [0.25, 0.3) is 0 Å². The number of nitrogens with one attached hydrogen (secondary N) is 1. The molecule has 2 heterocycles. The molecule has 3 aromatic rings. The van der Waals surface area contributed by atoms with Crippen LogP contribution in [0.25, 0.3) is 22.6 Å². The minimum Gasteiger partial charge on any atom is -0.369 e. The molecule has 0 aliphatic carbocycles. The zero-order chi connectivity index (χ0) is 11.0. The van der Waals surface area contributed by atoms with Crippen LogP contribution in [-0.2, 0) is 0 Å². The van der Waals surface area contributed by atoms with Gasteiger partial charge in [0.1, 0.15) is 5.52 Å². The summed E-state index contributed by atoms with van der Waals surface area (Å²) >= 11 is 0. The second-order valence-electron chi connectivity index (χ2n) is 3.42. The minimum absolute atomic E-state index is 0.356. The zero-order valence-electron chi connectivity index (χ0n) is 8.38. The van der Waals surface area contributed by atoms with Crippen molar-refractivity contribution in [1.82, 2.24) is 19.9 Å². The molecule has 0 spiro atoms. The van der Waals surface area contributed by atoms with Crippen LogP contribution in [0.2, 0.25) is 0 Å². The number of hydrogen-bond donors (Lipinski definition) is 2. The maximum Gasteiger partial charge on any atom is 0.200 e. The quantitative estimate of drug-likeness (QED) is 0.640. The smallest absolute Gasteiger partial charge is 0.200 e. The Morgan fingerprint density at radius 1 is 1.06 bits per heavy atom. The first kappa shape index (κ1) is 8.84. The largest absolute Gasteiger partial charge is 0.369 e. The molecule has 3 rings (SSSR count). The Balaban J connectivity index is 2.18. The van der Waals surface area contributed by atoms with Gasteiger partial charge < -0.3 is 10.7 Å². The van der Waals surface area contributed by atoms with Crippen molar-refractivity contribution in [1.29, 1.82) is 0 Å². The van der Waals surface area contributed by atoms with Gasteiger partial charge in [-0.2, -0.15) is 4.98 Å². The Morgan fingerprint density at radius 2 is 1.88 bits per heavy atom. The monoisotopic (exact) mass is 211 g/mol. The summed E-state index contributed by atoms with van der Waals surface area (Å²) in [5.41, 5.74) is 7.85. The molecule has 0 aliphatic rings. The van der Waals surface area contributed by atoms with E-state index in [0.29, 0.717) is 17.4 Å². The summed E-state index contributed by atoms with van der Waals surface area (Å²) in [5, 5.41) is 0. The lowest BCUT2D eigenvalue weighted by atomic mass is 10.2. The van der Waals surface area contributed by atoms with Gasteiger partial charge in [-0.15, -0.1) is 0 Å². The van der Waals surface area contributed by atoms with Gasteiger partial charge in [0, 0.05) is 5.56 Å². The van der Waals surface area contributed by atoms with Crippen molar-refractivity contribution in [3.8, 4) is 11.4 Å². The first-order valence-electron chi connectivity index (χ1n) is 4.86. The highest BCUT2D eigenvalue weighted by atomic mass is 15.1. The number of rotatable bonds is 1. The molecule has 0 saturated carbocycles. The molecule has 16 heavy (non-hydrogen) atoms. The van der Waals surface area contributed by atoms with Gasteiger partial charge in [0.05, 0.1) is 6.20 Å². The third-order valence-corrected chi connectivity index (χ3v) is 2.29. The van der Waals surface area contributed by atoms with Crippen LogP contribution in [0.4, 0.5) is 5.95 Å². The molecular formula is C11H9N5. The van der Waals surface area contributed by atoms with Gasteiger partial charge in [0.15, 0.2) is 17.4 Å². The molecule has 78 valence electrons. The Hall–Kier alpha value is -2.43. The first-order chi connectivity index (χ1) is 7.83. The number of imidazole rings is 1. The molecule has 5 nitrogen and oxygen atoms in total. The molecule has 0 unspecified atom stereocenters. The lowest BCUT2D eigenvalue weighted by molar-refractivity contribution is 1.21. The summed E-state index contributed by atoms with van der Waals surface area (Å²) in [6.07, 6.45) is 1.69. The van der Waals surface area contributed by atoms with Gasteiger partial charge in [-0.05, 0) is 0 Å². The molecule has 2 aromatic heterocycles. The maximum atomic E-state index is 5.54. The van der Waals surface area contributed by atoms with E-state index in [-0.39, 0.29) is 0 Å². The molecule has 0 saturated heterocycles. The summed E-state index contributed by atoms with van der Waals surface area (Å²) in [7, 11) is 0. The van der Waals surface area contributed by atoms with E-state index in [2.05, 4.69) is 19.9 Å². The van der Waals surface area contributed by atoms with Gasteiger partial charge in [0.2, 0.25) is 0 Å². The van der Waals surface area contributed by atoms with E-state index < -0.39 is 0 Å². The third kappa shape index (κ3) is 1.38. The molecular weight excluding hydrogens is 202 g/mol. The molecule has 0 amide bonds. The van der Waals surface area contributed by atoms with Crippen molar-refractivity contribution in [2.75, 3.05) is 5.73 Å². The van der Waals surface area contributed by atoms with Crippen LogP contribution in [0.5, 0.6) is 0 Å². The van der Waals surface area contributed by atoms with Crippen molar-refractivity contribution < 1.29 is 0 Å². The van der Waals surface area contributed by atoms with Gasteiger partial charge >= 0.3 is 0 Å². The normalized spacial score (nSPS) is 10.8. The van der Waals surface area contributed by atoms with Crippen LogP contribution in [0, 0.1) is 0 Å². The van der Waals surface area contributed by atoms with E-state index in [0.717, 1.165) is 11.1 Å². The van der Waals surface area contributed by atoms with Crippen LogP contribution >= 0.6 is 0 Å². The molecule has 5 heteroatoms. The Morgan fingerprint density at radius 3 is 2.69 bits per heavy atom. The van der Waals surface area contributed by atoms with Gasteiger partial charge in [-0.1, -0.05) is 30.3 Å². The fraction of sp³-hybridized carbons (Fsp3) is 0. The standard InChI is InChI=1S/C11H9N5/c12-11-14-8-6-13-9(15-10(8)16-11)7-4-2-1-3-5-7/h1-6H,(H3,12,13,14,15,16). The number of H-pyrrole nitrogens is 1. The van der Waals surface area contributed by atoms with E-state index in [1.807, 2.05) is 30.3 Å². The average molecular weight is 211 g/mol. The Bertz CT molecular complexity index is 629. The van der Waals surface area contributed by atoms with Crippen molar-refractivity contribution in [2.45, 2.75) is 0 Å². The van der Waals surface area contributed by atoms with E-state index >= 15 is 0 Å². The fourth-order valence-corrected chi connectivity index (χ4v) is 1.55. The summed E-state index contributed by atoms with van der Waals surface area (Å²) < 4.78 is 0. The van der Waals surface area contributed by atoms with Crippen molar-refractivity contribution in [2.24, 2.45) is 0 Å². The van der Waals surface area contributed by atoms with Crippen LogP contribution in [-0.4, -0.2) is 19.9 Å². The van der Waals surface area contributed by atoms with Crippen molar-refractivity contribution in [3.63, 3.8) is 0 Å². The molecule has 0 atom stereocenters. The van der Waals surface area contributed by atoms with Crippen LogP contribution < -0.4 is 5.73 Å². The van der Waals surface area contributed by atoms with Crippen LogP contribution in [0.1, 0.15) is 0 Å². The molecule has 0 aliphatic heterocycles. The number of nitrogens with two attached hydrogens (primary N) is 1. The van der Waals surface area contributed by atoms with Crippen molar-refractivity contribution >= 4 is 17.1 Å². The molecule has 0 fully saturated rings. The predicted octanol–water partition coefficient (Wildman–Crippen LogP) is 1.60. The maximum absolute atomic E-state index is 5.54. The number of aromatic nitrogens is 4. The lowest BCUT2D eigenvalue weighted by Crippen LogP contribution is -1.88. The number of anilines is 1. The Kier molecular flexibility index (Phi) is 1.83. The number of benzene rings is 1. The molecule has 0 bridgehead atoms. The second kappa shape index (κ2) is 3.30. The van der Waals surface area contributed by atoms with Gasteiger partial charge in [-0.3, -0.25) is 0 Å².